The number of carbonyl (C=O) groups is 1. The van der Waals surface area contributed by atoms with E-state index < -0.39 is 0 Å². The molecule has 0 aromatic rings. The normalized spacial score (nSPS) is 30.4. The Morgan fingerprint density at radius 3 is 2.71 bits per heavy atom. The molecule has 0 radical (unpaired) electrons. The second kappa shape index (κ2) is 5.83. The van der Waals surface area contributed by atoms with Crippen LogP contribution in [0, 0.1) is 5.41 Å². The van der Waals surface area contributed by atoms with Crippen LogP contribution in [0.1, 0.15) is 45.4 Å². The van der Waals surface area contributed by atoms with Gasteiger partial charge in [0.15, 0.2) is 0 Å². The summed E-state index contributed by atoms with van der Waals surface area (Å²) in [4.78, 5) is 12.4. The van der Waals surface area contributed by atoms with Gasteiger partial charge in [-0.25, -0.2) is 5.01 Å². The Kier molecular flexibility index (Phi) is 4.40. The van der Waals surface area contributed by atoms with Crippen molar-refractivity contribution in [2.24, 2.45) is 5.41 Å². The first kappa shape index (κ1) is 12.8. The maximum absolute atomic E-state index is 12.4. The van der Waals surface area contributed by atoms with Gasteiger partial charge in [-0.05, 0) is 32.2 Å². The van der Waals surface area contributed by atoms with Crippen LogP contribution in [-0.2, 0) is 4.79 Å². The molecule has 0 aliphatic carbocycles. The molecule has 2 heterocycles. The Morgan fingerprint density at radius 1 is 1.35 bits per heavy atom. The summed E-state index contributed by atoms with van der Waals surface area (Å²) in [6.07, 6.45) is 6.78. The van der Waals surface area contributed by atoms with Crippen molar-refractivity contribution in [1.29, 1.82) is 0 Å². The van der Waals surface area contributed by atoms with E-state index in [4.69, 9.17) is 0 Å². The van der Waals surface area contributed by atoms with Gasteiger partial charge in [0, 0.05) is 19.6 Å². The van der Waals surface area contributed by atoms with Crippen LogP contribution in [-0.4, -0.2) is 37.1 Å². The molecule has 17 heavy (non-hydrogen) atoms. The van der Waals surface area contributed by atoms with Gasteiger partial charge in [-0.3, -0.25) is 10.2 Å². The van der Waals surface area contributed by atoms with Gasteiger partial charge >= 0.3 is 0 Å². The number of nitrogens with zero attached hydrogens (tertiary/aromatic N) is 1. The van der Waals surface area contributed by atoms with Crippen LogP contribution in [0.3, 0.4) is 0 Å². The average Bonchev–Trinajstić information content (AvgIpc) is 2.81. The Balaban J connectivity index is 1.91. The maximum atomic E-state index is 12.4. The highest BCUT2D eigenvalue weighted by molar-refractivity contribution is 5.82. The standard InChI is InChI=1S/C13H25N3O/c1-2-6-13(7-8-14-11-13)12(17)15-16-9-4-3-5-10-16/h14H,2-11H2,1H3,(H,15,17). The Hall–Kier alpha value is -0.610. The van der Waals surface area contributed by atoms with E-state index in [1.54, 1.807) is 0 Å². The number of hydrogen-bond donors (Lipinski definition) is 2. The zero-order chi connectivity index (χ0) is 12.1. The van der Waals surface area contributed by atoms with E-state index in [0.29, 0.717) is 0 Å². The number of hydrogen-bond acceptors (Lipinski definition) is 3. The quantitative estimate of drug-likeness (QED) is 0.777. The molecule has 2 aliphatic heterocycles. The fraction of sp³-hybridized carbons (Fsp3) is 0.923. The molecule has 2 N–H and O–H groups in total. The van der Waals surface area contributed by atoms with Gasteiger partial charge in [-0.1, -0.05) is 19.8 Å². The van der Waals surface area contributed by atoms with Crippen molar-refractivity contribution in [1.82, 2.24) is 15.8 Å². The van der Waals surface area contributed by atoms with Gasteiger partial charge in [0.25, 0.3) is 0 Å². The number of carbonyl (C=O) groups excluding carboxylic acids is 1. The molecule has 1 unspecified atom stereocenters. The molecule has 98 valence electrons. The van der Waals surface area contributed by atoms with E-state index in [1.807, 2.05) is 0 Å². The van der Waals surface area contributed by atoms with Crippen LogP contribution in [0.15, 0.2) is 0 Å². The third-order valence-corrected chi connectivity index (χ3v) is 4.07. The highest BCUT2D eigenvalue weighted by Gasteiger charge is 2.40. The molecule has 1 atom stereocenters. The van der Waals surface area contributed by atoms with Crippen LogP contribution >= 0.6 is 0 Å². The van der Waals surface area contributed by atoms with Gasteiger partial charge in [-0.15, -0.1) is 0 Å². The molecule has 1 amide bonds. The minimum atomic E-state index is -0.147. The van der Waals surface area contributed by atoms with E-state index in [2.05, 4.69) is 22.7 Å². The molecule has 2 saturated heterocycles. The third kappa shape index (κ3) is 2.99. The maximum Gasteiger partial charge on any atom is 0.241 e. The SMILES string of the molecule is CCCC1(C(=O)NN2CCCCC2)CCNC1. The van der Waals surface area contributed by atoms with E-state index in [1.165, 1.54) is 19.3 Å². The molecule has 2 aliphatic rings. The van der Waals surface area contributed by atoms with Gasteiger partial charge < -0.3 is 5.32 Å². The first-order valence-corrected chi connectivity index (χ1v) is 7.04. The molecule has 2 fully saturated rings. The lowest BCUT2D eigenvalue weighted by molar-refractivity contribution is -0.136. The third-order valence-electron chi connectivity index (χ3n) is 4.07. The summed E-state index contributed by atoms with van der Waals surface area (Å²) >= 11 is 0. The highest BCUT2D eigenvalue weighted by atomic mass is 16.2. The summed E-state index contributed by atoms with van der Waals surface area (Å²) in [6, 6.07) is 0. The van der Waals surface area contributed by atoms with Gasteiger partial charge in [0.2, 0.25) is 5.91 Å². The highest BCUT2D eigenvalue weighted by Crippen LogP contribution is 2.31. The summed E-state index contributed by atoms with van der Waals surface area (Å²) in [6.45, 7) is 6.02. The molecular weight excluding hydrogens is 214 g/mol. The summed E-state index contributed by atoms with van der Waals surface area (Å²) in [7, 11) is 0. The van der Waals surface area contributed by atoms with Gasteiger partial charge in [0.05, 0.1) is 5.41 Å². The molecule has 0 spiro atoms. The zero-order valence-corrected chi connectivity index (χ0v) is 10.9. The molecule has 0 bridgehead atoms. The topological polar surface area (TPSA) is 44.4 Å². The summed E-state index contributed by atoms with van der Waals surface area (Å²) in [5.74, 6) is 0.242. The van der Waals surface area contributed by atoms with E-state index in [-0.39, 0.29) is 11.3 Å². The average molecular weight is 239 g/mol. The lowest BCUT2D eigenvalue weighted by atomic mass is 9.82. The van der Waals surface area contributed by atoms with E-state index in [9.17, 15) is 4.79 Å². The van der Waals surface area contributed by atoms with Crippen LogP contribution in [0.2, 0.25) is 0 Å². The summed E-state index contributed by atoms with van der Waals surface area (Å²) in [5, 5.41) is 5.45. The minimum absolute atomic E-state index is 0.147. The largest absolute Gasteiger partial charge is 0.316 e. The Bertz CT molecular complexity index is 255. The lowest BCUT2D eigenvalue weighted by Gasteiger charge is -2.33. The predicted molar refractivity (Wildman–Crippen MR) is 68.4 cm³/mol. The fourth-order valence-electron chi connectivity index (χ4n) is 3.01. The van der Waals surface area contributed by atoms with E-state index in [0.717, 1.165) is 45.4 Å². The molecule has 2 rings (SSSR count). The monoisotopic (exact) mass is 239 g/mol. The Morgan fingerprint density at radius 2 is 2.12 bits per heavy atom. The van der Waals surface area contributed by atoms with Crippen molar-refractivity contribution in [2.75, 3.05) is 26.2 Å². The number of rotatable bonds is 4. The summed E-state index contributed by atoms with van der Waals surface area (Å²) in [5.41, 5.74) is 2.99. The predicted octanol–water partition coefficient (Wildman–Crippen LogP) is 1.28. The van der Waals surface area contributed by atoms with Crippen molar-refractivity contribution in [3.05, 3.63) is 0 Å². The van der Waals surface area contributed by atoms with Crippen LogP contribution in [0.25, 0.3) is 0 Å². The minimum Gasteiger partial charge on any atom is -0.316 e. The second-order valence-electron chi connectivity index (χ2n) is 5.45. The number of hydrazine groups is 1. The van der Waals surface area contributed by atoms with Crippen LogP contribution in [0.5, 0.6) is 0 Å². The van der Waals surface area contributed by atoms with Gasteiger partial charge in [0.1, 0.15) is 0 Å². The van der Waals surface area contributed by atoms with Crippen molar-refractivity contribution in [3.63, 3.8) is 0 Å². The molecular formula is C13H25N3O. The van der Waals surface area contributed by atoms with Crippen molar-refractivity contribution in [2.45, 2.75) is 45.4 Å². The zero-order valence-electron chi connectivity index (χ0n) is 10.9. The number of piperidine rings is 1. The number of amides is 1. The molecule has 4 nitrogen and oxygen atoms in total. The second-order valence-corrected chi connectivity index (χ2v) is 5.45. The lowest BCUT2D eigenvalue weighted by Crippen LogP contribution is -2.52. The van der Waals surface area contributed by atoms with Crippen LogP contribution in [0.4, 0.5) is 0 Å². The fourth-order valence-corrected chi connectivity index (χ4v) is 3.01. The molecule has 0 aromatic heterocycles. The van der Waals surface area contributed by atoms with E-state index >= 15 is 0 Å². The first-order valence-electron chi connectivity index (χ1n) is 7.04. The number of nitrogens with one attached hydrogen (secondary N) is 2. The first-order chi connectivity index (χ1) is 8.27. The van der Waals surface area contributed by atoms with Crippen LogP contribution < -0.4 is 10.7 Å². The van der Waals surface area contributed by atoms with Gasteiger partial charge in [-0.2, -0.15) is 0 Å². The molecule has 0 aromatic carbocycles. The van der Waals surface area contributed by atoms with Crippen molar-refractivity contribution >= 4 is 5.91 Å². The van der Waals surface area contributed by atoms with Crippen molar-refractivity contribution in [3.8, 4) is 0 Å². The smallest absolute Gasteiger partial charge is 0.241 e. The summed E-state index contributed by atoms with van der Waals surface area (Å²) < 4.78 is 0. The molecule has 0 saturated carbocycles. The van der Waals surface area contributed by atoms with Crippen molar-refractivity contribution < 1.29 is 4.79 Å². The Labute approximate surface area is 104 Å². The molecule has 4 heteroatoms.